The lowest BCUT2D eigenvalue weighted by atomic mass is 9.59. The zero-order valence-corrected chi connectivity index (χ0v) is 23.6. The van der Waals surface area contributed by atoms with Crippen LogP contribution < -0.4 is 0 Å². The Kier molecular flexibility index (Phi) is 7.52. The Morgan fingerprint density at radius 1 is 1.11 bits per heavy atom. The molecule has 0 heterocycles. The third kappa shape index (κ3) is 3.93. The SMILES string of the molecule is CCCCCCCC(=O)O[C@@]12C[C@@H](C)[C@]34C=C(C)[C@H](O)[C@@]3(O)[C@H](O)C(COC(C)=O)=C[C@H](C4=O)[C@@H]1C2(C)C. The van der Waals surface area contributed by atoms with Crippen LogP contribution in [0.4, 0.5) is 0 Å². The van der Waals surface area contributed by atoms with Crippen LogP contribution in [-0.4, -0.2) is 63.1 Å². The van der Waals surface area contributed by atoms with Crippen molar-refractivity contribution in [2.24, 2.45) is 28.6 Å². The first kappa shape index (κ1) is 29.0. The number of esters is 2. The second-order valence-electron chi connectivity index (χ2n) is 12.6. The van der Waals surface area contributed by atoms with E-state index in [1.54, 1.807) is 19.1 Å². The van der Waals surface area contributed by atoms with Gasteiger partial charge in [-0.1, -0.05) is 65.5 Å². The summed E-state index contributed by atoms with van der Waals surface area (Å²) in [6, 6.07) is 0. The zero-order valence-electron chi connectivity index (χ0n) is 23.6. The first-order valence-corrected chi connectivity index (χ1v) is 14.1. The number of Topliss-reactive ketones (excluding diaryl/α,β-unsaturated/α-hetero) is 1. The van der Waals surface area contributed by atoms with Gasteiger partial charge in [0, 0.05) is 30.6 Å². The number of ether oxygens (including phenoxy) is 2. The summed E-state index contributed by atoms with van der Waals surface area (Å²) in [5, 5.41) is 34.8. The van der Waals surface area contributed by atoms with Crippen molar-refractivity contribution < 1.29 is 39.2 Å². The zero-order chi connectivity index (χ0) is 28.3. The number of fused-ring (bicyclic) bond motifs is 3. The molecular formula is C30H44O8. The van der Waals surface area contributed by atoms with Crippen LogP contribution in [-0.2, 0) is 23.9 Å². The monoisotopic (exact) mass is 532 g/mol. The molecule has 0 aromatic heterocycles. The highest BCUT2D eigenvalue weighted by molar-refractivity contribution is 5.96. The molecular weight excluding hydrogens is 488 g/mol. The highest BCUT2D eigenvalue weighted by Gasteiger charge is 2.83. The standard InChI is InChI=1S/C30H44O8/c1-7-8-9-10-11-12-22(32)38-29-15-18(3)28-14-17(2)24(33)30(28,36)25(34)20(16-37-19(4)31)13-21(26(28)35)23(29)27(29,5)6/h13-14,18,21,23-25,33-34,36H,7-12,15-16H2,1-6H3/t18-,21+,23-,24+,25-,28+,29+,30-/m1/s1. The van der Waals surface area contributed by atoms with Crippen molar-refractivity contribution in [2.45, 2.75) is 110 Å². The number of carbonyl (C=O) groups excluding carboxylic acids is 3. The van der Waals surface area contributed by atoms with Crippen LogP contribution in [0.1, 0.15) is 86.5 Å². The van der Waals surface area contributed by atoms with Crippen molar-refractivity contribution in [3.05, 3.63) is 23.3 Å². The summed E-state index contributed by atoms with van der Waals surface area (Å²) in [6.07, 6.45) is 5.72. The molecule has 0 radical (unpaired) electrons. The van der Waals surface area contributed by atoms with Gasteiger partial charge in [-0.15, -0.1) is 0 Å². The largest absolute Gasteiger partial charge is 0.461 e. The number of allylic oxidation sites excluding steroid dienone is 1. The Morgan fingerprint density at radius 2 is 1.76 bits per heavy atom. The van der Waals surface area contributed by atoms with Gasteiger partial charge in [0.25, 0.3) is 0 Å². The van der Waals surface area contributed by atoms with E-state index in [1.165, 1.54) is 6.92 Å². The Bertz CT molecular complexity index is 1060. The van der Waals surface area contributed by atoms with Gasteiger partial charge >= 0.3 is 11.9 Å². The first-order chi connectivity index (χ1) is 17.7. The summed E-state index contributed by atoms with van der Waals surface area (Å²) in [5.41, 5.74) is -4.76. The number of rotatable bonds is 9. The van der Waals surface area contributed by atoms with Gasteiger partial charge in [0.15, 0.2) is 5.78 Å². The molecule has 38 heavy (non-hydrogen) atoms. The van der Waals surface area contributed by atoms with E-state index in [1.807, 2.05) is 20.8 Å². The molecule has 8 nitrogen and oxygen atoms in total. The molecule has 0 aromatic carbocycles. The summed E-state index contributed by atoms with van der Waals surface area (Å²) in [4.78, 5) is 39.2. The van der Waals surface area contributed by atoms with E-state index in [0.29, 0.717) is 18.4 Å². The molecule has 0 unspecified atom stereocenters. The van der Waals surface area contributed by atoms with Gasteiger partial charge in [-0.25, -0.2) is 0 Å². The maximum Gasteiger partial charge on any atom is 0.306 e. The van der Waals surface area contributed by atoms with E-state index in [2.05, 4.69) is 6.92 Å². The molecule has 2 fully saturated rings. The van der Waals surface area contributed by atoms with Crippen molar-refractivity contribution >= 4 is 17.7 Å². The number of hydrogen-bond donors (Lipinski definition) is 3. The Labute approximate surface area is 225 Å². The van der Waals surface area contributed by atoms with Gasteiger partial charge in [-0.2, -0.15) is 0 Å². The quantitative estimate of drug-likeness (QED) is 0.234. The highest BCUT2D eigenvalue weighted by Crippen LogP contribution is 2.75. The number of aliphatic hydroxyl groups is 3. The van der Waals surface area contributed by atoms with Crippen LogP contribution in [0.3, 0.4) is 0 Å². The lowest BCUT2D eigenvalue weighted by Crippen LogP contribution is -2.65. The molecule has 4 aliphatic rings. The van der Waals surface area contributed by atoms with Crippen molar-refractivity contribution in [1.82, 2.24) is 0 Å². The van der Waals surface area contributed by atoms with Gasteiger partial charge in [-0.3, -0.25) is 14.4 Å². The smallest absolute Gasteiger partial charge is 0.306 e. The van der Waals surface area contributed by atoms with E-state index in [0.717, 1.165) is 32.1 Å². The Morgan fingerprint density at radius 3 is 2.39 bits per heavy atom. The van der Waals surface area contributed by atoms with Crippen LogP contribution >= 0.6 is 0 Å². The number of unbranched alkanes of at least 4 members (excludes halogenated alkanes) is 4. The maximum absolute atomic E-state index is 14.5. The van der Waals surface area contributed by atoms with Gasteiger partial charge in [0.1, 0.15) is 30.0 Å². The minimum Gasteiger partial charge on any atom is -0.461 e. The van der Waals surface area contributed by atoms with E-state index >= 15 is 0 Å². The average Bonchev–Trinajstić information content (AvgIpc) is 3.25. The molecule has 1 spiro atoms. The molecule has 4 rings (SSSR count). The molecule has 212 valence electrons. The van der Waals surface area contributed by atoms with Crippen molar-refractivity contribution in [2.75, 3.05) is 6.61 Å². The third-order valence-corrected chi connectivity index (χ3v) is 10.1. The summed E-state index contributed by atoms with van der Waals surface area (Å²) in [5.74, 6) is -2.93. The predicted octanol–water partition coefficient (Wildman–Crippen LogP) is 3.41. The van der Waals surface area contributed by atoms with Crippen molar-refractivity contribution in [3.63, 3.8) is 0 Å². The van der Waals surface area contributed by atoms with Gasteiger partial charge < -0.3 is 24.8 Å². The molecule has 2 saturated carbocycles. The third-order valence-electron chi connectivity index (χ3n) is 10.1. The summed E-state index contributed by atoms with van der Waals surface area (Å²) < 4.78 is 11.5. The minimum atomic E-state index is -2.25. The van der Waals surface area contributed by atoms with E-state index in [-0.39, 0.29) is 29.9 Å². The Balaban J connectivity index is 1.76. The summed E-state index contributed by atoms with van der Waals surface area (Å²) in [6.45, 7) is 10.5. The fraction of sp³-hybridized carbons (Fsp3) is 0.767. The van der Waals surface area contributed by atoms with Crippen LogP contribution in [0.2, 0.25) is 0 Å². The van der Waals surface area contributed by atoms with Crippen LogP contribution in [0.5, 0.6) is 0 Å². The van der Waals surface area contributed by atoms with E-state index in [4.69, 9.17) is 9.47 Å². The first-order valence-electron chi connectivity index (χ1n) is 14.1. The molecule has 0 amide bonds. The lowest BCUT2D eigenvalue weighted by molar-refractivity contribution is -0.192. The number of carbonyl (C=O) groups is 3. The molecule has 8 heteroatoms. The lowest BCUT2D eigenvalue weighted by Gasteiger charge is -2.48. The molecule has 2 bridgehead atoms. The highest BCUT2D eigenvalue weighted by atomic mass is 16.6. The molecule has 4 aliphatic carbocycles. The molecule has 0 aromatic rings. The number of ketones is 1. The van der Waals surface area contributed by atoms with Gasteiger partial charge in [-0.05, 0) is 36.8 Å². The molecule has 8 atom stereocenters. The minimum absolute atomic E-state index is 0.165. The average molecular weight is 533 g/mol. The fourth-order valence-corrected chi connectivity index (χ4v) is 8.03. The predicted molar refractivity (Wildman–Crippen MR) is 140 cm³/mol. The van der Waals surface area contributed by atoms with Crippen LogP contribution in [0, 0.1) is 28.6 Å². The second-order valence-corrected chi connectivity index (χ2v) is 12.6. The second kappa shape index (κ2) is 9.86. The summed E-state index contributed by atoms with van der Waals surface area (Å²) in [7, 11) is 0. The summed E-state index contributed by atoms with van der Waals surface area (Å²) >= 11 is 0. The van der Waals surface area contributed by atoms with Crippen LogP contribution in [0.15, 0.2) is 23.3 Å². The van der Waals surface area contributed by atoms with Crippen LogP contribution in [0.25, 0.3) is 0 Å². The van der Waals surface area contributed by atoms with Crippen molar-refractivity contribution in [3.8, 4) is 0 Å². The number of hydrogen-bond acceptors (Lipinski definition) is 8. The normalized spacial score (nSPS) is 40.7. The maximum atomic E-state index is 14.5. The molecule has 3 N–H and O–H groups in total. The molecule has 0 saturated heterocycles. The van der Waals surface area contributed by atoms with Crippen molar-refractivity contribution in [1.29, 1.82) is 0 Å². The van der Waals surface area contributed by atoms with Gasteiger partial charge in [0.05, 0.1) is 5.41 Å². The fourth-order valence-electron chi connectivity index (χ4n) is 8.03. The van der Waals surface area contributed by atoms with E-state index < -0.39 is 52.0 Å². The topological polar surface area (TPSA) is 130 Å². The van der Waals surface area contributed by atoms with Gasteiger partial charge in [0.2, 0.25) is 0 Å². The van der Waals surface area contributed by atoms with E-state index in [9.17, 15) is 29.7 Å². The molecule has 0 aliphatic heterocycles. The number of aliphatic hydroxyl groups excluding tert-OH is 2. The Hall–Kier alpha value is -2.03.